The molecule has 0 saturated carbocycles. The minimum Gasteiger partial charge on any atom is -0.384 e. The Balaban J connectivity index is 1.49. The van der Waals surface area contributed by atoms with Crippen LogP contribution in [0.5, 0.6) is 0 Å². The first-order valence-corrected chi connectivity index (χ1v) is 13.3. The number of benzene rings is 2. The first-order valence-electron chi connectivity index (χ1n) is 12.0. The van der Waals surface area contributed by atoms with Gasteiger partial charge in [0.25, 0.3) is 0 Å². The van der Waals surface area contributed by atoms with Gasteiger partial charge >= 0.3 is 0 Å². The number of anilines is 1. The van der Waals surface area contributed by atoms with Crippen LogP contribution < -0.4 is 5.32 Å². The molecule has 6 nitrogen and oxygen atoms in total. The summed E-state index contributed by atoms with van der Waals surface area (Å²) in [5, 5.41) is 27.3. The number of nitrogens with one attached hydrogen (secondary N) is 1. The van der Waals surface area contributed by atoms with Crippen molar-refractivity contribution < 1.29 is 9.90 Å². The molecule has 0 bridgehead atoms. The molecule has 1 fully saturated rings. The van der Waals surface area contributed by atoms with Gasteiger partial charge in [-0.3, -0.25) is 4.79 Å². The Hall–Kier alpha value is -2.92. The van der Waals surface area contributed by atoms with Gasteiger partial charge in [0.2, 0.25) is 5.91 Å². The smallest absolute Gasteiger partial charge is 0.245 e. The monoisotopic (exact) mass is 522 g/mol. The Labute approximate surface area is 221 Å². The molecule has 3 aromatic rings. The molecule has 2 heterocycles. The number of aliphatic hydroxyl groups is 1. The molecule has 0 aliphatic carbocycles. The fourth-order valence-corrected chi connectivity index (χ4v) is 5.69. The quantitative estimate of drug-likeness (QED) is 0.419. The lowest BCUT2D eigenvalue weighted by Gasteiger charge is -2.51. The number of nitriles is 1. The summed E-state index contributed by atoms with van der Waals surface area (Å²) in [5.74, 6) is 0.0475. The Kier molecular flexibility index (Phi) is 7.42. The highest BCUT2D eigenvalue weighted by molar-refractivity contribution is 7.14. The molecule has 36 heavy (non-hydrogen) atoms. The summed E-state index contributed by atoms with van der Waals surface area (Å²) in [7, 11) is 0. The fourth-order valence-electron chi connectivity index (χ4n) is 4.80. The maximum atomic E-state index is 13.7. The van der Waals surface area contributed by atoms with E-state index in [1.54, 1.807) is 24.3 Å². The van der Waals surface area contributed by atoms with Crippen LogP contribution in [-0.4, -0.2) is 40.0 Å². The normalized spacial score (nSPS) is 20.1. The lowest BCUT2D eigenvalue weighted by molar-refractivity contribution is -0.154. The predicted molar refractivity (Wildman–Crippen MR) is 145 cm³/mol. The zero-order chi connectivity index (χ0) is 26.1. The molecule has 2 N–H and O–H groups in total. The number of likely N-dealkylation sites (tertiary alicyclic amines) is 1. The molecule has 188 valence electrons. The van der Waals surface area contributed by atoms with Gasteiger partial charge < -0.3 is 15.3 Å². The Bertz CT molecular complexity index is 1260. The van der Waals surface area contributed by atoms with E-state index >= 15 is 0 Å². The first-order chi connectivity index (χ1) is 17.0. The maximum absolute atomic E-state index is 13.7. The van der Waals surface area contributed by atoms with Crippen LogP contribution in [0.25, 0.3) is 11.3 Å². The summed E-state index contributed by atoms with van der Waals surface area (Å²) in [4.78, 5) is 20.2. The van der Waals surface area contributed by atoms with E-state index in [9.17, 15) is 9.90 Å². The number of hydrogen-bond donors (Lipinski definition) is 2. The molecule has 1 aromatic heterocycles. The fraction of sp³-hybridized carbons (Fsp3) is 0.393. The van der Waals surface area contributed by atoms with Gasteiger partial charge in [0, 0.05) is 34.5 Å². The van der Waals surface area contributed by atoms with Crippen LogP contribution >= 0.6 is 22.9 Å². The summed E-state index contributed by atoms with van der Waals surface area (Å²) in [6.45, 7) is 8.94. The average molecular weight is 523 g/mol. The summed E-state index contributed by atoms with van der Waals surface area (Å²) in [6, 6.07) is 16.3. The third-order valence-electron chi connectivity index (χ3n) is 7.11. The minimum absolute atomic E-state index is 0.00588. The van der Waals surface area contributed by atoms with Crippen molar-refractivity contribution in [2.24, 2.45) is 11.3 Å². The van der Waals surface area contributed by atoms with Crippen molar-refractivity contribution in [3.8, 4) is 17.3 Å². The summed E-state index contributed by atoms with van der Waals surface area (Å²) >= 11 is 7.51. The second kappa shape index (κ2) is 10.2. The molecule has 2 aromatic carbocycles. The van der Waals surface area contributed by atoms with E-state index in [1.165, 1.54) is 11.3 Å². The van der Waals surface area contributed by atoms with Gasteiger partial charge in [0.05, 0.1) is 22.9 Å². The van der Waals surface area contributed by atoms with Crippen molar-refractivity contribution in [1.82, 2.24) is 9.88 Å². The molecule has 4 rings (SSSR count). The largest absolute Gasteiger partial charge is 0.384 e. The van der Waals surface area contributed by atoms with E-state index in [-0.39, 0.29) is 11.8 Å². The molecule has 8 heteroatoms. The molecule has 1 saturated heterocycles. The van der Waals surface area contributed by atoms with Gasteiger partial charge in [-0.25, -0.2) is 4.98 Å². The number of aromatic nitrogens is 1. The van der Waals surface area contributed by atoms with Crippen molar-refractivity contribution in [2.45, 2.75) is 45.8 Å². The zero-order valence-electron chi connectivity index (χ0n) is 21.0. The molecule has 1 aliphatic heterocycles. The van der Waals surface area contributed by atoms with E-state index in [1.807, 2.05) is 62.2 Å². The number of piperidine rings is 1. The minimum atomic E-state index is -1.06. The zero-order valence-corrected chi connectivity index (χ0v) is 22.5. The summed E-state index contributed by atoms with van der Waals surface area (Å²) in [5.41, 5.74) is 1.53. The number of hydrogen-bond acceptors (Lipinski definition) is 6. The van der Waals surface area contributed by atoms with E-state index in [0.717, 1.165) is 16.8 Å². The van der Waals surface area contributed by atoms with Gasteiger partial charge in [0.1, 0.15) is 6.04 Å². The second-order valence-corrected chi connectivity index (χ2v) is 11.6. The molecular weight excluding hydrogens is 492 g/mol. The van der Waals surface area contributed by atoms with Crippen molar-refractivity contribution in [2.75, 3.05) is 18.4 Å². The van der Waals surface area contributed by atoms with Crippen LogP contribution in [0.2, 0.25) is 5.02 Å². The molecule has 0 spiro atoms. The van der Waals surface area contributed by atoms with Gasteiger partial charge in [-0.05, 0) is 42.2 Å². The third kappa shape index (κ3) is 5.12. The van der Waals surface area contributed by atoms with Gasteiger partial charge in [0.15, 0.2) is 5.13 Å². The maximum Gasteiger partial charge on any atom is 0.245 e. The molecule has 2 atom stereocenters. The van der Waals surface area contributed by atoms with Crippen molar-refractivity contribution in [3.05, 3.63) is 70.1 Å². The highest BCUT2D eigenvalue weighted by Gasteiger charge is 2.50. The van der Waals surface area contributed by atoms with Gasteiger partial charge in [-0.2, -0.15) is 5.26 Å². The van der Waals surface area contributed by atoms with Crippen LogP contribution in [0, 0.1) is 22.7 Å². The lowest BCUT2D eigenvalue weighted by Crippen LogP contribution is -2.59. The van der Waals surface area contributed by atoms with Crippen LogP contribution in [0.4, 0.5) is 5.13 Å². The molecule has 0 radical (unpaired) electrons. The van der Waals surface area contributed by atoms with Crippen LogP contribution in [0.15, 0.2) is 53.9 Å². The number of carbonyl (C=O) groups excluding carboxylic acids is 1. The average Bonchev–Trinajstić information content (AvgIpc) is 3.33. The number of carbonyl (C=O) groups is 1. The van der Waals surface area contributed by atoms with E-state index in [2.05, 4.69) is 16.4 Å². The van der Waals surface area contributed by atoms with Gasteiger partial charge in [-0.15, -0.1) is 11.3 Å². The van der Waals surface area contributed by atoms with Crippen LogP contribution in [0.3, 0.4) is 0 Å². The standard InChI is InChI=1S/C28H31ClN4O2S/c1-18(2)24(32-26-31-23(16-36-26)20-7-5-19(15-30)6-8-20)25(34)33-14-13-28(35,27(3,4)17-33)21-9-11-22(29)12-10-21/h5-12,16,18,24,35H,13-14,17H2,1-4H3,(H,31,32)/t24-,28+/m1/s1. The first kappa shape index (κ1) is 26.2. The van der Waals surface area contributed by atoms with Crippen LogP contribution in [0.1, 0.15) is 45.2 Å². The van der Waals surface area contributed by atoms with Crippen LogP contribution in [-0.2, 0) is 10.4 Å². The molecular formula is C28H31ClN4O2S. The topological polar surface area (TPSA) is 89.2 Å². The van der Waals surface area contributed by atoms with Crippen molar-refractivity contribution in [3.63, 3.8) is 0 Å². The van der Waals surface area contributed by atoms with Crippen molar-refractivity contribution >= 4 is 34.0 Å². The number of rotatable bonds is 6. The number of nitrogens with zero attached hydrogens (tertiary/aromatic N) is 3. The SMILES string of the molecule is CC(C)[C@@H](Nc1nc(-c2ccc(C#N)cc2)cs1)C(=O)N1CC[C@](O)(c2ccc(Cl)cc2)C(C)(C)C1. The Morgan fingerprint density at radius 1 is 1.19 bits per heavy atom. The Morgan fingerprint density at radius 3 is 2.44 bits per heavy atom. The molecule has 1 amide bonds. The number of halogens is 1. The highest BCUT2D eigenvalue weighted by Crippen LogP contribution is 2.46. The summed E-state index contributed by atoms with van der Waals surface area (Å²) < 4.78 is 0. The highest BCUT2D eigenvalue weighted by atomic mass is 35.5. The van der Waals surface area contributed by atoms with E-state index in [4.69, 9.17) is 16.9 Å². The van der Waals surface area contributed by atoms with Crippen molar-refractivity contribution in [1.29, 1.82) is 5.26 Å². The van der Waals surface area contributed by atoms with E-state index in [0.29, 0.717) is 35.2 Å². The van der Waals surface area contributed by atoms with E-state index < -0.39 is 17.1 Å². The Morgan fingerprint density at radius 2 is 1.86 bits per heavy atom. The lowest BCUT2D eigenvalue weighted by atomic mass is 9.66. The summed E-state index contributed by atoms with van der Waals surface area (Å²) in [6.07, 6.45) is 0.443. The second-order valence-electron chi connectivity index (χ2n) is 10.4. The number of thiazole rings is 1. The molecule has 1 aliphatic rings. The predicted octanol–water partition coefficient (Wildman–Crippen LogP) is 5.92. The van der Waals surface area contributed by atoms with Gasteiger partial charge in [-0.1, -0.05) is 63.6 Å². The number of amides is 1. The third-order valence-corrected chi connectivity index (χ3v) is 8.13. The molecule has 0 unspecified atom stereocenters.